The Bertz CT molecular complexity index is 1040. The number of para-hydroxylation sites is 1. The number of aromatic nitrogens is 2. The van der Waals surface area contributed by atoms with Gasteiger partial charge in [-0.15, -0.1) is 0 Å². The van der Waals surface area contributed by atoms with Crippen molar-refractivity contribution >= 4 is 11.9 Å². The van der Waals surface area contributed by atoms with Crippen molar-refractivity contribution in [2.75, 3.05) is 12.3 Å². The van der Waals surface area contributed by atoms with Gasteiger partial charge in [-0.2, -0.15) is 4.98 Å². The maximum absolute atomic E-state index is 12.2. The molecule has 0 radical (unpaired) electrons. The smallest absolute Gasteiger partial charge is 0.345 e. The highest BCUT2D eigenvalue weighted by atomic mass is 16.5. The van der Waals surface area contributed by atoms with Crippen molar-refractivity contribution in [2.45, 2.75) is 20.3 Å². The van der Waals surface area contributed by atoms with Crippen molar-refractivity contribution in [3.63, 3.8) is 0 Å². The summed E-state index contributed by atoms with van der Waals surface area (Å²) in [7, 11) is 0. The fourth-order valence-electron chi connectivity index (χ4n) is 2.86. The molecule has 0 unspecified atom stereocenters. The van der Waals surface area contributed by atoms with Gasteiger partial charge in [0.25, 0.3) is 0 Å². The summed E-state index contributed by atoms with van der Waals surface area (Å²) in [5.41, 5.74) is 9.58. The molecule has 6 nitrogen and oxygen atoms in total. The normalized spacial score (nSPS) is 10.8. The second-order valence-corrected chi connectivity index (χ2v) is 7.02. The number of nitrogens with two attached hydrogens (primary N) is 2. The van der Waals surface area contributed by atoms with E-state index >= 15 is 0 Å². The molecule has 6 heteroatoms. The van der Waals surface area contributed by atoms with Gasteiger partial charge < -0.3 is 15.5 Å². The summed E-state index contributed by atoms with van der Waals surface area (Å²) in [6.45, 7) is 4.92. The monoisotopic (exact) mass is 377 g/mol. The van der Waals surface area contributed by atoms with E-state index in [0.29, 0.717) is 29.6 Å². The molecule has 5 N–H and O–H groups in total. The fraction of sp³-hybridized carbons (Fsp3) is 0.227. The number of hydrogen-bond acceptors (Lipinski definition) is 4. The van der Waals surface area contributed by atoms with Crippen LogP contribution in [0.4, 0.5) is 5.69 Å². The quantitative estimate of drug-likeness (QED) is 0.434. The van der Waals surface area contributed by atoms with Crippen LogP contribution in [0.15, 0.2) is 53.3 Å². The molecule has 3 aromatic rings. The van der Waals surface area contributed by atoms with E-state index in [4.69, 9.17) is 15.9 Å². The van der Waals surface area contributed by atoms with Crippen LogP contribution in [0.3, 0.4) is 0 Å². The molecule has 0 amide bonds. The van der Waals surface area contributed by atoms with Crippen LogP contribution in [0.2, 0.25) is 0 Å². The van der Waals surface area contributed by atoms with Crippen LogP contribution in [0.5, 0.6) is 5.75 Å². The summed E-state index contributed by atoms with van der Waals surface area (Å²) in [4.78, 5) is 19.1. The van der Waals surface area contributed by atoms with Crippen LogP contribution in [0, 0.1) is 5.92 Å². The number of hydrogen-bond donors (Lipinski definition) is 3. The Morgan fingerprint density at radius 3 is 2.71 bits per heavy atom. The Kier molecular flexibility index (Phi) is 5.89. The first-order valence-corrected chi connectivity index (χ1v) is 9.26. The molecule has 1 aromatic heterocycles. The number of anilines is 1. The van der Waals surface area contributed by atoms with Crippen molar-refractivity contribution < 1.29 is 10.1 Å². The molecule has 144 valence electrons. The van der Waals surface area contributed by atoms with E-state index in [-0.39, 0.29) is 0 Å². The second-order valence-electron chi connectivity index (χ2n) is 7.02. The number of rotatable bonds is 7. The maximum Gasteiger partial charge on any atom is 0.345 e. The zero-order valence-electron chi connectivity index (χ0n) is 16.1. The van der Waals surface area contributed by atoms with Gasteiger partial charge in [0, 0.05) is 16.8 Å². The lowest BCUT2D eigenvalue weighted by Gasteiger charge is -2.13. The van der Waals surface area contributed by atoms with Gasteiger partial charge >= 0.3 is 5.69 Å². The first-order chi connectivity index (χ1) is 13.5. The molecule has 0 aliphatic carbocycles. The lowest BCUT2D eigenvalue weighted by molar-refractivity contribution is -0.104. The van der Waals surface area contributed by atoms with Crippen molar-refractivity contribution in [2.24, 2.45) is 5.92 Å². The minimum atomic E-state index is -0.433. The van der Waals surface area contributed by atoms with E-state index in [1.807, 2.05) is 36.4 Å². The Morgan fingerprint density at radius 1 is 1.21 bits per heavy atom. The van der Waals surface area contributed by atoms with Crippen LogP contribution >= 0.6 is 0 Å². The number of benzene rings is 2. The van der Waals surface area contributed by atoms with E-state index in [1.165, 1.54) is 6.21 Å². The lowest BCUT2D eigenvalue weighted by Crippen LogP contribution is -2.30. The Labute approximate surface area is 163 Å². The zero-order valence-corrected chi connectivity index (χ0v) is 16.1. The summed E-state index contributed by atoms with van der Waals surface area (Å²) in [6, 6.07) is 14.9. The molecular weight excluding hydrogens is 352 g/mol. The van der Waals surface area contributed by atoms with Gasteiger partial charge in [-0.1, -0.05) is 32.0 Å². The van der Waals surface area contributed by atoms with Crippen molar-refractivity contribution in [3.8, 4) is 28.3 Å². The largest absolute Gasteiger partial charge is 0.493 e. The fourth-order valence-corrected chi connectivity index (χ4v) is 2.86. The number of aromatic amines is 1. The third-order valence-electron chi connectivity index (χ3n) is 4.44. The third-order valence-corrected chi connectivity index (χ3v) is 4.44. The minimum absolute atomic E-state index is 0.433. The number of H-pyrrole nitrogens is 1. The highest BCUT2D eigenvalue weighted by Crippen LogP contribution is 2.30. The molecule has 0 atom stereocenters. The molecule has 0 saturated carbocycles. The van der Waals surface area contributed by atoms with Gasteiger partial charge in [-0.05, 0) is 42.7 Å². The summed E-state index contributed by atoms with van der Waals surface area (Å²) < 4.78 is 5.96. The predicted octanol–water partition coefficient (Wildman–Crippen LogP) is 2.29. The summed E-state index contributed by atoms with van der Waals surface area (Å²) in [5.74, 6) is 1.28. The number of nitrogen functional groups attached to an aromatic ring is 1. The summed E-state index contributed by atoms with van der Waals surface area (Å²) >= 11 is 0. The van der Waals surface area contributed by atoms with Gasteiger partial charge in [0.15, 0.2) is 6.21 Å². The molecule has 0 saturated heterocycles. The van der Waals surface area contributed by atoms with Crippen LogP contribution in [0.1, 0.15) is 25.8 Å². The van der Waals surface area contributed by atoms with Crippen LogP contribution in [-0.4, -0.2) is 22.8 Å². The van der Waals surface area contributed by atoms with E-state index in [9.17, 15) is 4.79 Å². The maximum atomic E-state index is 12.2. The van der Waals surface area contributed by atoms with Crippen molar-refractivity contribution in [1.82, 2.24) is 9.97 Å². The lowest BCUT2D eigenvalue weighted by atomic mass is 10.0. The first kappa shape index (κ1) is 19.4. The van der Waals surface area contributed by atoms with Gasteiger partial charge in [0.2, 0.25) is 0 Å². The molecule has 28 heavy (non-hydrogen) atoms. The summed E-state index contributed by atoms with van der Waals surface area (Å²) in [5, 5.41) is 5.55. The predicted molar refractivity (Wildman–Crippen MR) is 112 cm³/mol. The highest BCUT2D eigenvalue weighted by Gasteiger charge is 2.11. The first-order valence-electron chi connectivity index (χ1n) is 9.26. The summed E-state index contributed by atoms with van der Waals surface area (Å²) in [6.07, 6.45) is 2.40. The standard InChI is InChI=1S/C22H24N4O2/c1-14(2)9-10-28-21-6-4-3-5-17(21)20-12-19(25-22(27)26-20)15-7-8-16(13-23)18(24)11-15/h3-8,11-14,23H,9-10,24H2,1-2H3,(H,25,26,27)/p+1. The van der Waals surface area contributed by atoms with Crippen LogP contribution in [-0.2, 0) is 0 Å². The van der Waals surface area contributed by atoms with E-state index in [1.54, 1.807) is 12.1 Å². The molecule has 0 bridgehead atoms. The second kappa shape index (κ2) is 8.52. The zero-order chi connectivity index (χ0) is 20.1. The molecule has 2 aromatic carbocycles. The molecule has 0 fully saturated rings. The molecule has 3 rings (SSSR count). The average molecular weight is 377 g/mol. The number of nitrogens with one attached hydrogen (secondary N) is 1. The third kappa shape index (κ3) is 4.46. The van der Waals surface area contributed by atoms with E-state index in [0.717, 1.165) is 28.9 Å². The van der Waals surface area contributed by atoms with Crippen molar-refractivity contribution in [3.05, 3.63) is 64.6 Å². The van der Waals surface area contributed by atoms with Gasteiger partial charge in [-0.3, -0.25) is 5.41 Å². The Morgan fingerprint density at radius 2 is 2.00 bits per heavy atom. The van der Waals surface area contributed by atoms with Gasteiger partial charge in [0.05, 0.1) is 23.6 Å². The topological polar surface area (TPSA) is 107 Å². The highest BCUT2D eigenvalue weighted by molar-refractivity contribution is 5.85. The van der Waals surface area contributed by atoms with E-state index < -0.39 is 5.69 Å². The minimum Gasteiger partial charge on any atom is -0.493 e. The van der Waals surface area contributed by atoms with E-state index in [2.05, 4.69) is 23.8 Å². The molecular formula is C22H25N4O2+. The molecule has 0 aliphatic heterocycles. The van der Waals surface area contributed by atoms with Gasteiger partial charge in [-0.25, -0.2) is 4.79 Å². The molecule has 1 heterocycles. The van der Waals surface area contributed by atoms with Crippen molar-refractivity contribution in [1.29, 1.82) is 0 Å². The number of nitrogens with zero attached hydrogens (tertiary/aromatic N) is 1. The Balaban J connectivity index is 2.00. The molecule has 0 spiro atoms. The average Bonchev–Trinajstić information content (AvgIpc) is 2.67. The van der Waals surface area contributed by atoms with Crippen LogP contribution < -0.4 is 21.6 Å². The Hall–Kier alpha value is -3.41. The number of ether oxygens (including phenoxy) is 1. The molecule has 0 aliphatic rings. The SMILES string of the molecule is CC(C)CCOc1ccccc1-c1cc(-c2ccc(C=[NH2+])c(N)c2)nc(=O)[nH]1. The van der Waals surface area contributed by atoms with Gasteiger partial charge in [0.1, 0.15) is 5.75 Å². The van der Waals surface area contributed by atoms with Crippen LogP contribution in [0.25, 0.3) is 22.5 Å².